The number of benzene rings is 1. The first-order valence-electron chi connectivity index (χ1n) is 6.81. The number of aldehydes is 1. The van der Waals surface area contributed by atoms with Gasteiger partial charge in [-0.25, -0.2) is 9.38 Å². The molecule has 1 aromatic rings. The predicted octanol–water partition coefficient (Wildman–Crippen LogP) is 4.94. The Kier molecular flexibility index (Phi) is 6.02. The van der Waals surface area contributed by atoms with Crippen LogP contribution in [-0.2, 0) is 0 Å². The van der Waals surface area contributed by atoms with Crippen molar-refractivity contribution in [3.8, 4) is 0 Å². The van der Waals surface area contributed by atoms with E-state index >= 15 is 0 Å². The van der Waals surface area contributed by atoms with Crippen molar-refractivity contribution < 1.29 is 22.4 Å². The van der Waals surface area contributed by atoms with Crippen LogP contribution in [0.25, 0.3) is 0 Å². The summed E-state index contributed by atoms with van der Waals surface area (Å²) in [6.45, 7) is 4.68. The Balaban J connectivity index is 3.45. The van der Waals surface area contributed by atoms with Crippen LogP contribution in [0.5, 0.6) is 0 Å². The number of allylic oxidation sites excluding steroid dienone is 2. The number of hydrogen-bond acceptors (Lipinski definition) is 2. The molecule has 0 aliphatic heterocycles. The molecule has 0 heterocycles. The van der Waals surface area contributed by atoms with Gasteiger partial charge < -0.3 is 0 Å². The van der Waals surface area contributed by atoms with Crippen LogP contribution in [0, 0.1) is 11.7 Å². The molecule has 120 valence electrons. The standard InChI is InChI=1S/C16H17F4NO/c1-4-10(3)15(21-14(5-2)16(18,19)20)12-7-6-11(9-22)8-13(12)17/h5-10H,4H2,1-3H3/b14-5-,21-15?. The lowest BCUT2D eigenvalue weighted by Gasteiger charge is -2.16. The second-order valence-corrected chi connectivity index (χ2v) is 4.84. The van der Waals surface area contributed by atoms with Gasteiger partial charge in [-0.1, -0.05) is 26.0 Å². The summed E-state index contributed by atoms with van der Waals surface area (Å²) in [5.41, 5.74) is -0.958. The summed E-state index contributed by atoms with van der Waals surface area (Å²) in [6, 6.07) is 3.63. The predicted molar refractivity (Wildman–Crippen MR) is 77.6 cm³/mol. The lowest BCUT2D eigenvalue weighted by atomic mass is 9.94. The minimum atomic E-state index is -4.60. The number of rotatable bonds is 5. The van der Waals surface area contributed by atoms with E-state index in [4.69, 9.17) is 0 Å². The van der Waals surface area contributed by atoms with Crippen molar-refractivity contribution in [3.05, 3.63) is 46.9 Å². The van der Waals surface area contributed by atoms with Gasteiger partial charge in [0, 0.05) is 11.1 Å². The molecule has 0 aliphatic rings. The van der Waals surface area contributed by atoms with Gasteiger partial charge in [-0.2, -0.15) is 13.2 Å². The lowest BCUT2D eigenvalue weighted by Crippen LogP contribution is -2.18. The Morgan fingerprint density at radius 1 is 1.36 bits per heavy atom. The molecule has 1 atom stereocenters. The van der Waals surface area contributed by atoms with Gasteiger partial charge in [0.2, 0.25) is 0 Å². The van der Waals surface area contributed by atoms with Gasteiger partial charge in [0.1, 0.15) is 17.8 Å². The average molecular weight is 315 g/mol. The van der Waals surface area contributed by atoms with Gasteiger partial charge in [-0.05, 0) is 31.4 Å². The van der Waals surface area contributed by atoms with Crippen molar-refractivity contribution in [3.63, 3.8) is 0 Å². The van der Waals surface area contributed by atoms with Crippen LogP contribution < -0.4 is 0 Å². The molecule has 0 spiro atoms. The number of carbonyl (C=O) groups excluding carboxylic acids is 1. The molecule has 22 heavy (non-hydrogen) atoms. The first-order valence-corrected chi connectivity index (χ1v) is 6.81. The third-order valence-electron chi connectivity index (χ3n) is 3.29. The molecular weight excluding hydrogens is 298 g/mol. The van der Waals surface area contributed by atoms with Gasteiger partial charge in [0.05, 0.1) is 5.71 Å². The van der Waals surface area contributed by atoms with Gasteiger partial charge in [-0.15, -0.1) is 0 Å². The molecule has 6 heteroatoms. The summed E-state index contributed by atoms with van der Waals surface area (Å²) in [7, 11) is 0. The summed E-state index contributed by atoms with van der Waals surface area (Å²) in [6.07, 6.45) is -2.78. The third-order valence-corrected chi connectivity index (χ3v) is 3.29. The average Bonchev–Trinajstić information content (AvgIpc) is 2.47. The van der Waals surface area contributed by atoms with Crippen molar-refractivity contribution in [1.29, 1.82) is 0 Å². The molecule has 0 radical (unpaired) electrons. The zero-order valence-corrected chi connectivity index (χ0v) is 12.5. The number of carbonyl (C=O) groups is 1. The maximum Gasteiger partial charge on any atom is 0.433 e. The zero-order chi connectivity index (χ0) is 16.9. The monoisotopic (exact) mass is 315 g/mol. The number of aliphatic imine (C=N–C) groups is 1. The Morgan fingerprint density at radius 3 is 2.41 bits per heavy atom. The van der Waals surface area contributed by atoms with Gasteiger partial charge >= 0.3 is 6.18 Å². The van der Waals surface area contributed by atoms with Crippen molar-refractivity contribution in [2.45, 2.75) is 33.4 Å². The van der Waals surface area contributed by atoms with E-state index in [1.807, 2.05) is 0 Å². The molecule has 0 bridgehead atoms. The fourth-order valence-electron chi connectivity index (χ4n) is 1.86. The van der Waals surface area contributed by atoms with E-state index < -0.39 is 17.7 Å². The maximum atomic E-state index is 14.1. The topological polar surface area (TPSA) is 29.4 Å². The molecule has 0 saturated carbocycles. The summed E-state index contributed by atoms with van der Waals surface area (Å²) >= 11 is 0. The largest absolute Gasteiger partial charge is 0.433 e. The van der Waals surface area contributed by atoms with Crippen molar-refractivity contribution in [2.75, 3.05) is 0 Å². The van der Waals surface area contributed by atoms with E-state index in [1.54, 1.807) is 13.8 Å². The molecule has 1 unspecified atom stereocenters. The van der Waals surface area contributed by atoms with E-state index in [1.165, 1.54) is 19.1 Å². The lowest BCUT2D eigenvalue weighted by molar-refractivity contribution is -0.0924. The Hall–Kier alpha value is -1.98. The Labute approximate surface area is 126 Å². The van der Waals surface area contributed by atoms with E-state index in [9.17, 15) is 22.4 Å². The van der Waals surface area contributed by atoms with Crippen LogP contribution in [0.2, 0.25) is 0 Å². The van der Waals surface area contributed by atoms with Gasteiger partial charge in [0.15, 0.2) is 0 Å². The first kappa shape index (κ1) is 18.1. The number of nitrogens with zero attached hydrogens (tertiary/aromatic N) is 1. The van der Waals surface area contributed by atoms with E-state index in [-0.39, 0.29) is 22.8 Å². The van der Waals surface area contributed by atoms with E-state index in [0.29, 0.717) is 12.7 Å². The van der Waals surface area contributed by atoms with Crippen molar-refractivity contribution in [1.82, 2.24) is 0 Å². The second-order valence-electron chi connectivity index (χ2n) is 4.84. The van der Waals surface area contributed by atoms with Crippen LogP contribution in [0.3, 0.4) is 0 Å². The maximum absolute atomic E-state index is 14.1. The normalized spacial score (nSPS) is 14.9. The van der Waals surface area contributed by atoms with Crippen molar-refractivity contribution in [2.24, 2.45) is 10.9 Å². The Bertz CT molecular complexity index is 603. The molecule has 1 rings (SSSR count). The molecular formula is C16H17F4NO. The molecule has 1 aromatic carbocycles. The van der Waals surface area contributed by atoms with Crippen LogP contribution in [0.4, 0.5) is 17.6 Å². The quantitative estimate of drug-likeness (QED) is 0.430. The highest BCUT2D eigenvalue weighted by molar-refractivity contribution is 6.03. The van der Waals surface area contributed by atoms with Crippen LogP contribution in [0.15, 0.2) is 35.0 Å². The fourth-order valence-corrected chi connectivity index (χ4v) is 1.86. The minimum absolute atomic E-state index is 0.0165. The molecule has 0 fully saturated rings. The third kappa shape index (κ3) is 4.26. The highest BCUT2D eigenvalue weighted by atomic mass is 19.4. The molecule has 2 nitrogen and oxygen atoms in total. The second kappa shape index (κ2) is 7.33. The van der Waals surface area contributed by atoms with Crippen LogP contribution in [0.1, 0.15) is 43.1 Å². The molecule has 0 N–H and O–H groups in total. The number of halogens is 4. The number of alkyl halides is 3. The first-order chi connectivity index (χ1) is 10.2. The van der Waals surface area contributed by atoms with E-state index in [0.717, 1.165) is 12.1 Å². The molecule has 0 aliphatic carbocycles. The highest BCUT2D eigenvalue weighted by Gasteiger charge is 2.34. The fraction of sp³-hybridized carbons (Fsp3) is 0.375. The van der Waals surface area contributed by atoms with Gasteiger partial charge in [-0.3, -0.25) is 4.79 Å². The van der Waals surface area contributed by atoms with Gasteiger partial charge in [0.25, 0.3) is 0 Å². The zero-order valence-electron chi connectivity index (χ0n) is 12.5. The van der Waals surface area contributed by atoms with Crippen LogP contribution in [-0.4, -0.2) is 18.2 Å². The highest BCUT2D eigenvalue weighted by Crippen LogP contribution is 2.29. The molecule has 0 aromatic heterocycles. The summed E-state index contributed by atoms with van der Waals surface area (Å²) in [4.78, 5) is 14.3. The van der Waals surface area contributed by atoms with Crippen molar-refractivity contribution >= 4 is 12.0 Å². The summed E-state index contributed by atoms with van der Waals surface area (Å²) in [5.74, 6) is -1.13. The summed E-state index contributed by atoms with van der Waals surface area (Å²) < 4.78 is 52.7. The van der Waals surface area contributed by atoms with E-state index in [2.05, 4.69) is 4.99 Å². The Morgan fingerprint density at radius 2 is 2.00 bits per heavy atom. The smallest absolute Gasteiger partial charge is 0.298 e. The van der Waals surface area contributed by atoms with Crippen LogP contribution >= 0.6 is 0 Å². The number of hydrogen-bond donors (Lipinski definition) is 0. The summed E-state index contributed by atoms with van der Waals surface area (Å²) in [5, 5.41) is 0. The molecule has 0 saturated heterocycles. The minimum Gasteiger partial charge on any atom is -0.298 e. The molecule has 0 amide bonds. The SMILES string of the molecule is C/C=C(\N=C(c1ccc(C=O)cc1F)C(C)CC)C(F)(F)F.